The number of carbonyl (C=O) groups excluding carboxylic acids is 1. The van der Waals surface area contributed by atoms with Gasteiger partial charge < -0.3 is 0 Å². The summed E-state index contributed by atoms with van der Waals surface area (Å²) in [6.45, 7) is 0. The quantitative estimate of drug-likeness (QED) is 0.223. The number of anilines is 1. The molecular weight excluding hydrogens is 432 g/mol. The molecule has 0 unspecified atom stereocenters. The van der Waals surface area contributed by atoms with Gasteiger partial charge in [-0.15, -0.1) is 22.0 Å². The molecule has 0 bridgehead atoms. The molecule has 0 atom stereocenters. The van der Waals surface area contributed by atoms with Gasteiger partial charge in [0.25, 0.3) is 11.6 Å². The minimum absolute atomic E-state index is 0.0700. The number of amides is 1. The van der Waals surface area contributed by atoms with Crippen molar-refractivity contribution in [3.8, 4) is 10.6 Å². The number of thioether (sulfide) groups is 1. The van der Waals surface area contributed by atoms with Gasteiger partial charge in [-0.1, -0.05) is 59.9 Å². The molecular formula is C22H16N4O3S2. The van der Waals surface area contributed by atoms with Crippen LogP contribution in [0.2, 0.25) is 0 Å². The first-order chi connectivity index (χ1) is 15.1. The van der Waals surface area contributed by atoms with Crippen molar-refractivity contribution >= 4 is 39.8 Å². The van der Waals surface area contributed by atoms with Crippen molar-refractivity contribution in [3.05, 3.63) is 100 Å². The van der Waals surface area contributed by atoms with Gasteiger partial charge in [-0.2, -0.15) is 0 Å². The van der Waals surface area contributed by atoms with Crippen molar-refractivity contribution < 1.29 is 9.72 Å². The lowest BCUT2D eigenvalue weighted by Crippen LogP contribution is -2.11. The number of nitro benzene ring substituents is 1. The molecule has 0 aliphatic rings. The Kier molecular flexibility index (Phi) is 6.34. The van der Waals surface area contributed by atoms with E-state index in [-0.39, 0.29) is 5.69 Å². The number of nitrogens with zero attached hydrogens (tertiary/aromatic N) is 3. The number of non-ortho nitro benzene ring substituents is 1. The molecule has 3 aromatic carbocycles. The SMILES string of the molecule is O=C(Nc1nnc(-c2ccccc2SCc2ccccc2)s1)c1ccc([N+](=O)[O-])cc1. The second-order valence-corrected chi connectivity index (χ2v) is 8.44. The summed E-state index contributed by atoms with van der Waals surface area (Å²) in [4.78, 5) is 23.7. The van der Waals surface area contributed by atoms with Crippen LogP contribution in [0.15, 0.2) is 83.8 Å². The van der Waals surface area contributed by atoms with E-state index >= 15 is 0 Å². The van der Waals surface area contributed by atoms with E-state index < -0.39 is 10.8 Å². The van der Waals surface area contributed by atoms with E-state index in [1.807, 2.05) is 42.5 Å². The highest BCUT2D eigenvalue weighted by atomic mass is 32.2. The van der Waals surface area contributed by atoms with Crippen LogP contribution in [0.25, 0.3) is 10.6 Å². The molecule has 0 fully saturated rings. The summed E-state index contributed by atoms with van der Waals surface area (Å²) >= 11 is 2.99. The van der Waals surface area contributed by atoms with E-state index in [2.05, 4.69) is 27.6 Å². The summed E-state index contributed by atoms with van der Waals surface area (Å²) < 4.78 is 0. The van der Waals surface area contributed by atoms with Gasteiger partial charge in [-0.05, 0) is 23.8 Å². The number of carbonyl (C=O) groups is 1. The van der Waals surface area contributed by atoms with Crippen LogP contribution < -0.4 is 5.32 Å². The van der Waals surface area contributed by atoms with E-state index in [0.29, 0.717) is 15.7 Å². The van der Waals surface area contributed by atoms with Crippen molar-refractivity contribution in [2.75, 3.05) is 5.32 Å². The first kappa shape index (κ1) is 20.7. The van der Waals surface area contributed by atoms with E-state index in [9.17, 15) is 14.9 Å². The van der Waals surface area contributed by atoms with Crippen LogP contribution >= 0.6 is 23.1 Å². The average molecular weight is 449 g/mol. The van der Waals surface area contributed by atoms with Gasteiger partial charge in [-0.3, -0.25) is 20.2 Å². The van der Waals surface area contributed by atoms with Gasteiger partial charge in [0, 0.05) is 33.9 Å². The third-order valence-corrected chi connectivity index (χ3v) is 6.36. The molecule has 31 heavy (non-hydrogen) atoms. The highest BCUT2D eigenvalue weighted by Gasteiger charge is 2.15. The maximum Gasteiger partial charge on any atom is 0.269 e. The largest absolute Gasteiger partial charge is 0.296 e. The Morgan fingerprint density at radius 3 is 2.42 bits per heavy atom. The Balaban J connectivity index is 1.47. The second-order valence-electron chi connectivity index (χ2n) is 6.44. The molecule has 0 saturated carbocycles. The topological polar surface area (TPSA) is 98.0 Å². The first-order valence-electron chi connectivity index (χ1n) is 9.25. The number of rotatable bonds is 7. The minimum atomic E-state index is -0.508. The maximum absolute atomic E-state index is 12.4. The van der Waals surface area contributed by atoms with Crippen molar-refractivity contribution in [2.24, 2.45) is 0 Å². The van der Waals surface area contributed by atoms with Gasteiger partial charge in [0.15, 0.2) is 5.01 Å². The first-order valence-corrected chi connectivity index (χ1v) is 11.1. The maximum atomic E-state index is 12.4. The van der Waals surface area contributed by atoms with Crippen molar-refractivity contribution in [2.45, 2.75) is 10.6 Å². The van der Waals surface area contributed by atoms with E-state index in [1.165, 1.54) is 41.2 Å². The molecule has 154 valence electrons. The van der Waals surface area contributed by atoms with Crippen LogP contribution in [-0.4, -0.2) is 21.0 Å². The van der Waals surface area contributed by atoms with Crippen molar-refractivity contribution in [1.82, 2.24) is 10.2 Å². The lowest BCUT2D eigenvalue weighted by molar-refractivity contribution is -0.384. The molecule has 0 aliphatic heterocycles. The fraction of sp³-hybridized carbons (Fsp3) is 0.0455. The average Bonchev–Trinajstić information content (AvgIpc) is 3.27. The molecule has 7 nitrogen and oxygen atoms in total. The van der Waals surface area contributed by atoms with E-state index in [4.69, 9.17) is 0 Å². The Bertz CT molecular complexity index is 1210. The Morgan fingerprint density at radius 2 is 1.68 bits per heavy atom. The predicted octanol–water partition coefficient (Wildman–Crippen LogP) is 5.66. The third kappa shape index (κ3) is 5.14. The van der Waals surface area contributed by atoms with Gasteiger partial charge >= 0.3 is 0 Å². The van der Waals surface area contributed by atoms with Crippen LogP contribution in [0, 0.1) is 10.1 Å². The molecule has 0 aliphatic carbocycles. The van der Waals surface area contributed by atoms with Gasteiger partial charge in [-0.25, -0.2) is 0 Å². The van der Waals surface area contributed by atoms with Crippen LogP contribution in [0.4, 0.5) is 10.8 Å². The highest BCUT2D eigenvalue weighted by molar-refractivity contribution is 7.98. The van der Waals surface area contributed by atoms with E-state index in [0.717, 1.165) is 16.2 Å². The molecule has 1 heterocycles. The molecule has 9 heteroatoms. The lowest BCUT2D eigenvalue weighted by atomic mass is 10.2. The molecule has 1 aromatic heterocycles. The van der Waals surface area contributed by atoms with Crippen molar-refractivity contribution in [3.63, 3.8) is 0 Å². The summed E-state index contributed by atoms with van der Waals surface area (Å²) in [6, 6.07) is 23.6. The standard InChI is InChI=1S/C22H16N4O3S2/c27-20(16-10-12-17(13-11-16)26(28)29)23-22-25-24-21(31-22)18-8-4-5-9-19(18)30-14-15-6-2-1-3-7-15/h1-13H,14H2,(H,23,25,27). The van der Waals surface area contributed by atoms with Crippen LogP contribution in [0.5, 0.6) is 0 Å². The van der Waals surface area contributed by atoms with E-state index in [1.54, 1.807) is 11.8 Å². The summed E-state index contributed by atoms with van der Waals surface area (Å²) in [5, 5.41) is 22.8. The summed E-state index contributed by atoms with van der Waals surface area (Å²) in [6.07, 6.45) is 0. The highest BCUT2D eigenvalue weighted by Crippen LogP contribution is 2.35. The fourth-order valence-corrected chi connectivity index (χ4v) is 4.64. The fourth-order valence-electron chi connectivity index (χ4n) is 2.79. The number of nitrogens with one attached hydrogen (secondary N) is 1. The van der Waals surface area contributed by atoms with Gasteiger partial charge in [0.05, 0.1) is 4.92 Å². The minimum Gasteiger partial charge on any atom is -0.296 e. The Hall–Kier alpha value is -3.56. The number of hydrogen-bond donors (Lipinski definition) is 1. The van der Waals surface area contributed by atoms with Crippen LogP contribution in [-0.2, 0) is 5.75 Å². The summed E-state index contributed by atoms with van der Waals surface area (Å²) in [5.41, 5.74) is 2.42. The summed E-state index contributed by atoms with van der Waals surface area (Å²) in [7, 11) is 0. The van der Waals surface area contributed by atoms with Crippen molar-refractivity contribution in [1.29, 1.82) is 0 Å². The molecule has 1 amide bonds. The second kappa shape index (κ2) is 9.50. The predicted molar refractivity (Wildman–Crippen MR) is 122 cm³/mol. The van der Waals surface area contributed by atoms with Crippen LogP contribution in [0.1, 0.15) is 15.9 Å². The lowest BCUT2D eigenvalue weighted by Gasteiger charge is -2.06. The zero-order chi connectivity index (χ0) is 21.6. The smallest absolute Gasteiger partial charge is 0.269 e. The molecule has 4 aromatic rings. The zero-order valence-corrected chi connectivity index (χ0v) is 17.7. The number of benzene rings is 3. The molecule has 4 rings (SSSR count). The zero-order valence-electron chi connectivity index (χ0n) is 16.1. The molecule has 0 spiro atoms. The van der Waals surface area contributed by atoms with Gasteiger partial charge in [0.1, 0.15) is 0 Å². The third-order valence-electron chi connectivity index (χ3n) is 4.34. The number of nitro groups is 1. The number of hydrogen-bond acceptors (Lipinski definition) is 7. The molecule has 1 N–H and O–H groups in total. The molecule has 0 radical (unpaired) electrons. The monoisotopic (exact) mass is 448 g/mol. The Morgan fingerprint density at radius 1 is 0.968 bits per heavy atom. The van der Waals surface area contributed by atoms with Gasteiger partial charge in [0.2, 0.25) is 5.13 Å². The Labute approximate surface area is 186 Å². The number of aromatic nitrogens is 2. The van der Waals surface area contributed by atoms with Crippen LogP contribution in [0.3, 0.4) is 0 Å². The molecule has 0 saturated heterocycles. The summed E-state index contributed by atoms with van der Waals surface area (Å²) in [5.74, 6) is 0.435. The normalized spacial score (nSPS) is 10.6.